The number of rotatable bonds is 5. The fourth-order valence-corrected chi connectivity index (χ4v) is 3.16. The van der Waals surface area contributed by atoms with Gasteiger partial charge in [-0.1, -0.05) is 23.7 Å². The summed E-state index contributed by atoms with van der Waals surface area (Å²) in [5, 5.41) is 5.29. The quantitative estimate of drug-likeness (QED) is 0.492. The molecule has 4 aromatic rings. The minimum atomic E-state index is 0.394. The average Bonchev–Trinajstić information content (AvgIpc) is 3.09. The van der Waals surface area contributed by atoms with Crippen LogP contribution in [-0.2, 0) is 6.61 Å². The fraction of sp³-hybridized carbons (Fsp3) is 0.143. The number of ether oxygens (including phenoxy) is 2. The van der Waals surface area contributed by atoms with Crippen molar-refractivity contribution in [1.29, 1.82) is 0 Å². The number of methoxy groups -OCH3 is 1. The van der Waals surface area contributed by atoms with Crippen LogP contribution in [-0.4, -0.2) is 21.7 Å². The highest BCUT2D eigenvalue weighted by Crippen LogP contribution is 2.27. The van der Waals surface area contributed by atoms with Crippen LogP contribution in [0, 0.1) is 6.92 Å². The molecule has 4 rings (SSSR count). The van der Waals surface area contributed by atoms with Gasteiger partial charge in [0.15, 0.2) is 5.65 Å². The predicted molar refractivity (Wildman–Crippen MR) is 105 cm³/mol. The summed E-state index contributed by atoms with van der Waals surface area (Å²) in [6.45, 7) is 2.43. The highest BCUT2D eigenvalue weighted by Gasteiger charge is 2.11. The summed E-state index contributed by atoms with van der Waals surface area (Å²) in [5.74, 6) is 1.34. The number of hydrogen-bond donors (Lipinski definition) is 0. The Bertz CT molecular complexity index is 1110. The van der Waals surface area contributed by atoms with Gasteiger partial charge in [-0.25, -0.2) is 9.50 Å². The lowest BCUT2D eigenvalue weighted by Gasteiger charge is -2.09. The molecule has 0 aliphatic carbocycles. The van der Waals surface area contributed by atoms with Crippen LogP contribution in [0.15, 0.2) is 60.8 Å². The van der Waals surface area contributed by atoms with Gasteiger partial charge in [-0.05, 0) is 54.4 Å². The Hall–Kier alpha value is -3.05. The lowest BCUT2D eigenvalue weighted by Crippen LogP contribution is -2.02. The maximum Gasteiger partial charge on any atom is 0.232 e. The van der Waals surface area contributed by atoms with Crippen LogP contribution < -0.4 is 9.47 Å². The second kappa shape index (κ2) is 7.29. The Labute approximate surface area is 162 Å². The number of hydrogen-bond acceptors (Lipinski definition) is 4. The third-order valence-electron chi connectivity index (χ3n) is 4.32. The van der Waals surface area contributed by atoms with Crippen molar-refractivity contribution in [3.05, 3.63) is 76.9 Å². The minimum Gasteiger partial charge on any atom is -0.497 e. The van der Waals surface area contributed by atoms with Gasteiger partial charge in [-0.3, -0.25) is 0 Å². The van der Waals surface area contributed by atoms with Crippen LogP contribution in [0.1, 0.15) is 11.1 Å². The number of nitrogens with zero attached hydrogens (tertiary/aromatic N) is 3. The first-order chi connectivity index (χ1) is 13.1. The molecule has 0 atom stereocenters. The minimum absolute atomic E-state index is 0.394. The van der Waals surface area contributed by atoms with Gasteiger partial charge in [0.25, 0.3) is 0 Å². The van der Waals surface area contributed by atoms with Gasteiger partial charge >= 0.3 is 0 Å². The summed E-state index contributed by atoms with van der Waals surface area (Å²) in [7, 11) is 1.66. The Balaban J connectivity index is 1.65. The Kier molecular flexibility index (Phi) is 4.69. The molecule has 0 unspecified atom stereocenters. The first kappa shape index (κ1) is 17.4. The van der Waals surface area contributed by atoms with Crippen molar-refractivity contribution in [1.82, 2.24) is 14.6 Å². The lowest BCUT2D eigenvalue weighted by atomic mass is 10.1. The van der Waals surface area contributed by atoms with Crippen LogP contribution in [0.4, 0.5) is 0 Å². The maximum absolute atomic E-state index is 6.02. The number of aromatic nitrogens is 3. The third-order valence-corrected chi connectivity index (χ3v) is 4.56. The highest BCUT2D eigenvalue weighted by atomic mass is 35.5. The second-order valence-corrected chi connectivity index (χ2v) is 6.62. The molecular weight excluding hydrogens is 362 g/mol. The van der Waals surface area contributed by atoms with E-state index in [-0.39, 0.29) is 0 Å². The summed E-state index contributed by atoms with van der Waals surface area (Å²) >= 11 is 6.02. The van der Waals surface area contributed by atoms with Gasteiger partial charge in [0.05, 0.1) is 19.0 Å². The van der Waals surface area contributed by atoms with E-state index in [4.69, 9.17) is 21.1 Å². The van der Waals surface area contributed by atoms with E-state index < -0.39 is 0 Å². The Morgan fingerprint density at radius 1 is 1.07 bits per heavy atom. The van der Waals surface area contributed by atoms with E-state index in [1.165, 1.54) is 0 Å². The van der Waals surface area contributed by atoms with Crippen molar-refractivity contribution in [2.24, 2.45) is 0 Å². The van der Waals surface area contributed by atoms with Crippen LogP contribution in [0.5, 0.6) is 11.6 Å². The number of aryl methyl sites for hydroxylation is 1. The third kappa shape index (κ3) is 3.59. The molecular formula is C21H18ClN3O2. The molecule has 5 nitrogen and oxygen atoms in total. The second-order valence-electron chi connectivity index (χ2n) is 6.18. The van der Waals surface area contributed by atoms with Gasteiger partial charge in [0, 0.05) is 16.7 Å². The molecule has 0 radical (unpaired) electrons. The van der Waals surface area contributed by atoms with Crippen LogP contribution in [0.3, 0.4) is 0 Å². The number of halogens is 1. The summed E-state index contributed by atoms with van der Waals surface area (Å²) in [4.78, 5) is 4.45. The molecule has 0 aliphatic rings. The number of imidazole rings is 1. The first-order valence-electron chi connectivity index (χ1n) is 8.51. The SMILES string of the molecule is COc1ccc(-c2cnc3ccc(OCc4cccc(Cl)c4)nn23)c(C)c1. The van der Waals surface area contributed by atoms with Crippen molar-refractivity contribution in [2.75, 3.05) is 7.11 Å². The molecule has 2 aromatic carbocycles. The zero-order valence-corrected chi connectivity index (χ0v) is 15.8. The molecule has 0 aliphatic heterocycles. The molecule has 6 heteroatoms. The van der Waals surface area contributed by atoms with Crippen molar-refractivity contribution in [2.45, 2.75) is 13.5 Å². The molecule has 0 bridgehead atoms. The molecule has 2 aromatic heterocycles. The standard InChI is InChI=1S/C21H18ClN3O2/c1-14-10-17(26-2)6-7-18(14)19-12-23-20-8-9-21(24-25(19)20)27-13-15-4-3-5-16(22)11-15/h3-12H,13H2,1-2H3. The Morgan fingerprint density at radius 3 is 2.74 bits per heavy atom. The Morgan fingerprint density at radius 2 is 1.96 bits per heavy atom. The zero-order valence-electron chi connectivity index (χ0n) is 15.0. The van der Waals surface area contributed by atoms with Crippen molar-refractivity contribution in [3.63, 3.8) is 0 Å². The molecule has 0 fully saturated rings. The van der Waals surface area contributed by atoms with E-state index >= 15 is 0 Å². The van der Waals surface area contributed by atoms with E-state index in [1.54, 1.807) is 11.6 Å². The fourth-order valence-electron chi connectivity index (χ4n) is 2.95. The van der Waals surface area contributed by atoms with Crippen LogP contribution in [0.25, 0.3) is 16.9 Å². The molecule has 2 heterocycles. The zero-order chi connectivity index (χ0) is 18.8. The van der Waals surface area contributed by atoms with E-state index in [0.29, 0.717) is 17.5 Å². The largest absolute Gasteiger partial charge is 0.497 e. The van der Waals surface area contributed by atoms with Gasteiger partial charge in [0.2, 0.25) is 5.88 Å². The normalized spacial score (nSPS) is 10.9. The molecule has 0 N–H and O–H groups in total. The number of benzene rings is 2. The summed E-state index contributed by atoms with van der Waals surface area (Å²) < 4.78 is 12.9. The first-order valence-corrected chi connectivity index (χ1v) is 8.89. The van der Waals surface area contributed by atoms with Crippen LogP contribution in [0.2, 0.25) is 5.02 Å². The smallest absolute Gasteiger partial charge is 0.232 e. The predicted octanol–water partition coefficient (Wildman–Crippen LogP) is 4.95. The van der Waals surface area contributed by atoms with Gasteiger partial charge < -0.3 is 9.47 Å². The van der Waals surface area contributed by atoms with E-state index in [0.717, 1.165) is 33.8 Å². The molecule has 0 saturated carbocycles. The lowest BCUT2D eigenvalue weighted by molar-refractivity contribution is 0.289. The topological polar surface area (TPSA) is 48.7 Å². The highest BCUT2D eigenvalue weighted by molar-refractivity contribution is 6.30. The van der Waals surface area contributed by atoms with Crippen LogP contribution >= 0.6 is 11.6 Å². The van der Waals surface area contributed by atoms with Crippen molar-refractivity contribution >= 4 is 17.2 Å². The summed E-state index contributed by atoms with van der Waals surface area (Å²) in [6, 6.07) is 17.2. The van der Waals surface area contributed by atoms with Gasteiger partial charge in [-0.2, -0.15) is 0 Å². The summed E-state index contributed by atoms with van der Waals surface area (Å²) in [5.41, 5.74) is 4.78. The molecule has 0 saturated heterocycles. The molecule has 27 heavy (non-hydrogen) atoms. The summed E-state index contributed by atoms with van der Waals surface area (Å²) in [6.07, 6.45) is 1.82. The maximum atomic E-state index is 6.02. The van der Waals surface area contributed by atoms with E-state index in [9.17, 15) is 0 Å². The molecule has 136 valence electrons. The van der Waals surface area contributed by atoms with Gasteiger partial charge in [-0.15, -0.1) is 5.10 Å². The molecule has 0 spiro atoms. The van der Waals surface area contributed by atoms with E-state index in [2.05, 4.69) is 10.1 Å². The average molecular weight is 380 g/mol. The van der Waals surface area contributed by atoms with E-state index in [1.807, 2.05) is 67.7 Å². The van der Waals surface area contributed by atoms with Crippen molar-refractivity contribution in [3.8, 4) is 22.9 Å². The molecule has 0 amide bonds. The number of fused-ring (bicyclic) bond motifs is 1. The monoisotopic (exact) mass is 379 g/mol. The van der Waals surface area contributed by atoms with Crippen molar-refractivity contribution < 1.29 is 9.47 Å². The van der Waals surface area contributed by atoms with Gasteiger partial charge in [0.1, 0.15) is 12.4 Å².